The summed E-state index contributed by atoms with van der Waals surface area (Å²) in [5.41, 5.74) is 0.698. The van der Waals surface area contributed by atoms with Crippen molar-refractivity contribution in [3.05, 3.63) is 34.3 Å². The predicted octanol–water partition coefficient (Wildman–Crippen LogP) is 3.61. The Morgan fingerprint density at radius 2 is 2.05 bits per heavy atom. The van der Waals surface area contributed by atoms with Gasteiger partial charge in [0.25, 0.3) is 0 Å². The topological polar surface area (TPSA) is 20.3 Å². The van der Waals surface area contributed by atoms with E-state index in [-0.39, 0.29) is 18.1 Å². The fraction of sp³-hybridized carbons (Fsp3) is 0.500. The van der Waals surface area contributed by atoms with Gasteiger partial charge < -0.3 is 4.90 Å². The highest BCUT2D eigenvalue weighted by molar-refractivity contribution is 9.10. The maximum atomic E-state index is 12.3. The summed E-state index contributed by atoms with van der Waals surface area (Å²) in [5.74, 6) is 0.0610. The van der Waals surface area contributed by atoms with Gasteiger partial charge in [-0.2, -0.15) is 0 Å². The third kappa shape index (κ3) is 4.08. The standard InChI is InChI=1S/C14H16BrF2NO/c15-12-3-1-10(2-4-12)14(19)11-5-7-18(9-11)8-6-13(16)17/h1-4,11,13H,5-9H2. The van der Waals surface area contributed by atoms with Crippen molar-refractivity contribution < 1.29 is 13.6 Å². The van der Waals surface area contributed by atoms with Crippen molar-refractivity contribution in [1.82, 2.24) is 4.90 Å². The molecule has 1 heterocycles. The number of likely N-dealkylation sites (tertiary alicyclic amines) is 1. The molecule has 1 aliphatic heterocycles. The number of halogens is 3. The van der Waals surface area contributed by atoms with Crippen molar-refractivity contribution >= 4 is 21.7 Å². The Labute approximate surface area is 119 Å². The summed E-state index contributed by atoms with van der Waals surface area (Å²) in [5, 5.41) is 0. The molecule has 0 N–H and O–H groups in total. The molecule has 1 saturated heterocycles. The summed E-state index contributed by atoms with van der Waals surface area (Å²) in [7, 11) is 0. The monoisotopic (exact) mass is 331 g/mol. The van der Waals surface area contributed by atoms with Crippen LogP contribution in [-0.2, 0) is 0 Å². The van der Waals surface area contributed by atoms with Gasteiger partial charge in [0.1, 0.15) is 0 Å². The molecule has 0 aromatic heterocycles. The van der Waals surface area contributed by atoms with Crippen molar-refractivity contribution in [1.29, 1.82) is 0 Å². The normalized spacial score (nSPS) is 20.1. The van der Waals surface area contributed by atoms with Crippen LogP contribution in [-0.4, -0.2) is 36.7 Å². The lowest BCUT2D eigenvalue weighted by Crippen LogP contribution is -2.25. The molecule has 0 saturated carbocycles. The molecule has 1 unspecified atom stereocenters. The first-order valence-corrected chi connectivity index (χ1v) is 7.16. The Kier molecular flexibility index (Phi) is 5.05. The highest BCUT2D eigenvalue weighted by Crippen LogP contribution is 2.22. The molecule has 1 aromatic rings. The summed E-state index contributed by atoms with van der Waals surface area (Å²) in [6.45, 7) is 1.71. The summed E-state index contributed by atoms with van der Waals surface area (Å²) >= 11 is 3.33. The zero-order chi connectivity index (χ0) is 13.8. The van der Waals surface area contributed by atoms with Gasteiger partial charge in [-0.05, 0) is 25.1 Å². The summed E-state index contributed by atoms with van der Waals surface area (Å²) < 4.78 is 25.2. The summed E-state index contributed by atoms with van der Waals surface area (Å²) in [6.07, 6.45) is -1.61. The maximum Gasteiger partial charge on any atom is 0.239 e. The highest BCUT2D eigenvalue weighted by Gasteiger charge is 2.28. The van der Waals surface area contributed by atoms with E-state index >= 15 is 0 Å². The minimum absolute atomic E-state index is 0.0566. The lowest BCUT2D eigenvalue weighted by atomic mass is 9.97. The van der Waals surface area contributed by atoms with E-state index in [2.05, 4.69) is 15.9 Å². The molecule has 1 aliphatic rings. The molecule has 0 radical (unpaired) electrons. The molecule has 0 amide bonds. The molecule has 19 heavy (non-hydrogen) atoms. The Hall–Kier alpha value is -0.810. The van der Waals surface area contributed by atoms with Crippen LogP contribution in [0.1, 0.15) is 23.2 Å². The molecular formula is C14H16BrF2NO. The third-order valence-electron chi connectivity index (χ3n) is 3.44. The average molecular weight is 332 g/mol. The van der Waals surface area contributed by atoms with Gasteiger partial charge in [0.05, 0.1) is 0 Å². The third-order valence-corrected chi connectivity index (χ3v) is 3.96. The number of carbonyl (C=O) groups excluding carboxylic acids is 1. The lowest BCUT2D eigenvalue weighted by molar-refractivity contribution is 0.0917. The van der Waals surface area contributed by atoms with Crippen molar-refractivity contribution in [3.63, 3.8) is 0 Å². The number of Topliss-reactive ketones (excluding diaryl/α,β-unsaturated/α-hetero) is 1. The molecule has 0 spiro atoms. The van der Waals surface area contributed by atoms with E-state index in [1.165, 1.54) is 0 Å². The van der Waals surface area contributed by atoms with Crippen LogP contribution in [0.2, 0.25) is 0 Å². The van der Waals surface area contributed by atoms with Crippen LogP contribution >= 0.6 is 15.9 Å². The summed E-state index contributed by atoms with van der Waals surface area (Å²) in [6, 6.07) is 7.29. The van der Waals surface area contributed by atoms with Crippen LogP contribution in [0, 0.1) is 5.92 Å². The second-order valence-corrected chi connectivity index (χ2v) is 5.75. The van der Waals surface area contributed by atoms with Gasteiger partial charge in [-0.15, -0.1) is 0 Å². The first-order chi connectivity index (χ1) is 9.06. The van der Waals surface area contributed by atoms with Crippen LogP contribution < -0.4 is 0 Å². The van der Waals surface area contributed by atoms with Crippen molar-refractivity contribution in [2.24, 2.45) is 5.92 Å². The Morgan fingerprint density at radius 1 is 1.37 bits per heavy atom. The van der Waals surface area contributed by atoms with E-state index in [1.54, 1.807) is 12.1 Å². The number of benzene rings is 1. The Bertz CT molecular complexity index is 436. The molecular weight excluding hydrogens is 316 g/mol. The molecule has 2 nitrogen and oxygen atoms in total. The highest BCUT2D eigenvalue weighted by atomic mass is 79.9. The quantitative estimate of drug-likeness (QED) is 0.768. The van der Waals surface area contributed by atoms with Crippen LogP contribution in [0.5, 0.6) is 0 Å². The van der Waals surface area contributed by atoms with E-state index in [1.807, 2.05) is 17.0 Å². The van der Waals surface area contributed by atoms with Crippen LogP contribution in [0.25, 0.3) is 0 Å². The van der Waals surface area contributed by atoms with Crippen molar-refractivity contribution in [2.75, 3.05) is 19.6 Å². The number of hydrogen-bond acceptors (Lipinski definition) is 2. The maximum absolute atomic E-state index is 12.3. The number of carbonyl (C=O) groups is 1. The molecule has 1 atom stereocenters. The Balaban J connectivity index is 1.89. The number of rotatable bonds is 5. The van der Waals surface area contributed by atoms with Crippen molar-refractivity contribution in [2.45, 2.75) is 19.3 Å². The minimum Gasteiger partial charge on any atom is -0.302 e. The van der Waals surface area contributed by atoms with E-state index in [4.69, 9.17) is 0 Å². The first-order valence-electron chi connectivity index (χ1n) is 6.36. The van der Waals surface area contributed by atoms with Gasteiger partial charge in [-0.25, -0.2) is 8.78 Å². The van der Waals surface area contributed by atoms with E-state index in [0.717, 1.165) is 17.4 Å². The van der Waals surface area contributed by atoms with E-state index in [9.17, 15) is 13.6 Å². The molecule has 2 rings (SSSR count). The molecule has 104 valence electrons. The van der Waals surface area contributed by atoms with Crippen LogP contribution in [0.4, 0.5) is 8.78 Å². The second-order valence-electron chi connectivity index (χ2n) is 4.84. The Morgan fingerprint density at radius 3 is 2.68 bits per heavy atom. The van der Waals surface area contributed by atoms with Gasteiger partial charge in [0, 0.05) is 35.5 Å². The lowest BCUT2D eigenvalue weighted by Gasteiger charge is -2.15. The van der Waals surface area contributed by atoms with Gasteiger partial charge >= 0.3 is 0 Å². The predicted molar refractivity (Wildman–Crippen MR) is 73.6 cm³/mol. The second kappa shape index (κ2) is 6.57. The van der Waals surface area contributed by atoms with Crippen LogP contribution in [0.15, 0.2) is 28.7 Å². The summed E-state index contributed by atoms with van der Waals surface area (Å²) in [4.78, 5) is 14.2. The zero-order valence-electron chi connectivity index (χ0n) is 10.5. The van der Waals surface area contributed by atoms with Gasteiger partial charge in [-0.1, -0.05) is 28.1 Å². The fourth-order valence-corrected chi connectivity index (χ4v) is 2.64. The largest absolute Gasteiger partial charge is 0.302 e. The van der Waals surface area contributed by atoms with Gasteiger partial charge in [-0.3, -0.25) is 4.79 Å². The first kappa shape index (κ1) is 14.6. The van der Waals surface area contributed by atoms with Gasteiger partial charge in [0.2, 0.25) is 6.43 Å². The van der Waals surface area contributed by atoms with Crippen LogP contribution in [0.3, 0.4) is 0 Å². The zero-order valence-corrected chi connectivity index (χ0v) is 12.1. The fourth-order valence-electron chi connectivity index (χ4n) is 2.38. The smallest absolute Gasteiger partial charge is 0.239 e. The molecule has 1 fully saturated rings. The van der Waals surface area contributed by atoms with E-state index in [0.29, 0.717) is 18.7 Å². The minimum atomic E-state index is -2.26. The number of alkyl halides is 2. The number of hydrogen-bond donors (Lipinski definition) is 0. The SMILES string of the molecule is O=C(c1ccc(Br)cc1)C1CCN(CCC(F)F)C1. The van der Waals surface area contributed by atoms with Crippen molar-refractivity contribution in [3.8, 4) is 0 Å². The molecule has 0 aliphatic carbocycles. The molecule has 0 bridgehead atoms. The average Bonchev–Trinajstić information content (AvgIpc) is 2.85. The molecule has 5 heteroatoms. The van der Waals surface area contributed by atoms with Gasteiger partial charge in [0.15, 0.2) is 5.78 Å². The number of ketones is 1. The number of nitrogens with zero attached hydrogens (tertiary/aromatic N) is 1. The van der Waals surface area contributed by atoms with E-state index < -0.39 is 6.43 Å². The molecule has 1 aromatic carbocycles.